The fraction of sp³-hybridized carbons (Fsp3) is 0.231. The van der Waals surface area contributed by atoms with Crippen LogP contribution in [0.4, 0.5) is 5.00 Å². The molecule has 8 heteroatoms. The predicted octanol–water partition coefficient (Wildman–Crippen LogP) is 4.39. The fourth-order valence-corrected chi connectivity index (χ4v) is 2.94. The minimum atomic E-state index is -2.11. The topological polar surface area (TPSA) is 55.4 Å². The second-order valence-corrected chi connectivity index (χ2v) is 7.31. The van der Waals surface area contributed by atoms with Crippen molar-refractivity contribution >= 4 is 73.1 Å². The average molecular weight is 367 g/mol. The van der Waals surface area contributed by atoms with Gasteiger partial charge in [-0.05, 0) is 13.0 Å². The number of carbonyl (C=O) groups is 2. The number of rotatable bonds is 3. The lowest BCUT2D eigenvalue weighted by Gasteiger charge is -2.11. The van der Waals surface area contributed by atoms with Crippen molar-refractivity contribution in [3.8, 4) is 0 Å². The molecule has 0 unspecified atom stereocenters. The first kappa shape index (κ1) is 16.4. The van der Waals surface area contributed by atoms with E-state index in [-0.39, 0.29) is 12.2 Å². The molecule has 1 N–H and O–H groups in total. The highest BCUT2D eigenvalue weighted by molar-refractivity contribution is 7.23. The van der Waals surface area contributed by atoms with Crippen LogP contribution in [0.1, 0.15) is 17.3 Å². The quantitative estimate of drug-likeness (QED) is 0.647. The molecule has 21 heavy (non-hydrogen) atoms. The number of benzene rings is 1. The van der Waals surface area contributed by atoms with Gasteiger partial charge < -0.3 is 10.1 Å². The minimum Gasteiger partial charge on any atom is -0.462 e. The third-order valence-corrected chi connectivity index (χ3v) is 4.16. The molecule has 0 spiro atoms. The first-order valence-electron chi connectivity index (χ1n) is 5.91. The van der Waals surface area contributed by atoms with Gasteiger partial charge in [0.2, 0.25) is 0 Å². The molecule has 0 saturated carbocycles. The summed E-state index contributed by atoms with van der Waals surface area (Å²) < 4.78 is 3.73. The van der Waals surface area contributed by atoms with Gasteiger partial charge in [-0.2, -0.15) is 0 Å². The van der Waals surface area contributed by atoms with Crippen LogP contribution in [-0.2, 0) is 9.53 Å². The molecule has 1 aromatic carbocycles. The molecule has 0 saturated heterocycles. The van der Waals surface area contributed by atoms with Crippen LogP contribution in [-0.4, -0.2) is 22.3 Å². The molecule has 2 rings (SSSR count). The molecule has 1 amide bonds. The Kier molecular flexibility index (Phi) is 4.99. The molecule has 1 heterocycles. The number of esters is 1. The summed E-state index contributed by atoms with van der Waals surface area (Å²) in [5.74, 6) is -1.36. The Morgan fingerprint density at radius 3 is 2.57 bits per heavy atom. The van der Waals surface area contributed by atoms with Crippen molar-refractivity contribution in [3.05, 3.63) is 29.8 Å². The van der Waals surface area contributed by atoms with Crippen LogP contribution < -0.4 is 5.32 Å². The van der Waals surface area contributed by atoms with E-state index in [2.05, 4.69) is 5.32 Å². The first-order chi connectivity index (χ1) is 9.84. The molecule has 0 aliphatic carbocycles. The number of fused-ring (bicyclic) bond motifs is 1. The lowest BCUT2D eigenvalue weighted by atomic mass is 10.1. The van der Waals surface area contributed by atoms with Crippen molar-refractivity contribution in [2.75, 3.05) is 11.9 Å². The average Bonchev–Trinajstić information content (AvgIpc) is 2.75. The third kappa shape index (κ3) is 3.61. The van der Waals surface area contributed by atoms with Crippen molar-refractivity contribution < 1.29 is 14.3 Å². The number of hydrogen-bond donors (Lipinski definition) is 1. The lowest BCUT2D eigenvalue weighted by molar-refractivity contribution is -0.115. The van der Waals surface area contributed by atoms with Gasteiger partial charge in [-0.1, -0.05) is 53.0 Å². The van der Waals surface area contributed by atoms with Gasteiger partial charge in [-0.25, -0.2) is 4.79 Å². The molecule has 0 radical (unpaired) electrons. The normalized spacial score (nSPS) is 11.4. The molecule has 0 atom stereocenters. The molecule has 0 fully saturated rings. The number of carbonyl (C=O) groups excluding carboxylic acids is 2. The van der Waals surface area contributed by atoms with Crippen LogP contribution in [0.25, 0.3) is 10.1 Å². The van der Waals surface area contributed by atoms with Gasteiger partial charge in [0.05, 0.1) is 6.61 Å². The van der Waals surface area contributed by atoms with Crippen molar-refractivity contribution in [1.82, 2.24) is 0 Å². The van der Waals surface area contributed by atoms with Crippen LogP contribution in [0, 0.1) is 0 Å². The van der Waals surface area contributed by atoms with Crippen LogP contribution in [0.5, 0.6) is 0 Å². The summed E-state index contributed by atoms with van der Waals surface area (Å²) in [5, 5.41) is 3.44. The number of nitrogens with one attached hydrogen (secondary N) is 1. The number of amides is 1. The minimum absolute atomic E-state index is 0.223. The van der Waals surface area contributed by atoms with E-state index in [0.29, 0.717) is 10.4 Å². The van der Waals surface area contributed by atoms with Gasteiger partial charge in [0, 0.05) is 10.1 Å². The Labute approximate surface area is 139 Å². The summed E-state index contributed by atoms with van der Waals surface area (Å²) in [6.45, 7) is 1.92. The van der Waals surface area contributed by atoms with E-state index in [4.69, 9.17) is 39.5 Å². The zero-order valence-corrected chi connectivity index (χ0v) is 13.9. The van der Waals surface area contributed by atoms with Gasteiger partial charge in [0.25, 0.3) is 9.70 Å². The smallest absolute Gasteiger partial charge is 0.341 e. The van der Waals surface area contributed by atoms with Gasteiger partial charge >= 0.3 is 5.97 Å². The zero-order valence-electron chi connectivity index (χ0n) is 10.8. The Hall–Kier alpha value is -1.01. The summed E-state index contributed by atoms with van der Waals surface area (Å²) in [6.07, 6.45) is 0. The highest BCUT2D eigenvalue weighted by Crippen LogP contribution is 2.37. The largest absolute Gasteiger partial charge is 0.462 e. The molecule has 0 bridgehead atoms. The number of halogens is 3. The van der Waals surface area contributed by atoms with Crippen molar-refractivity contribution in [1.29, 1.82) is 0 Å². The van der Waals surface area contributed by atoms with E-state index in [1.807, 2.05) is 12.1 Å². The van der Waals surface area contributed by atoms with Gasteiger partial charge in [-0.15, -0.1) is 11.3 Å². The molecular formula is C13H10Cl3NO3S. The summed E-state index contributed by atoms with van der Waals surface area (Å²) >= 11 is 17.8. The van der Waals surface area contributed by atoms with E-state index in [0.717, 1.165) is 4.70 Å². The number of hydrogen-bond acceptors (Lipinski definition) is 4. The molecule has 4 nitrogen and oxygen atoms in total. The van der Waals surface area contributed by atoms with Crippen LogP contribution in [0.3, 0.4) is 0 Å². The Morgan fingerprint density at radius 1 is 1.29 bits per heavy atom. The summed E-state index contributed by atoms with van der Waals surface area (Å²) in [5.41, 5.74) is 0.264. The van der Waals surface area contributed by atoms with Crippen LogP contribution >= 0.6 is 46.1 Å². The highest BCUT2D eigenvalue weighted by Gasteiger charge is 2.32. The molecule has 1 aromatic heterocycles. The van der Waals surface area contributed by atoms with E-state index >= 15 is 0 Å². The van der Waals surface area contributed by atoms with Gasteiger partial charge in [-0.3, -0.25) is 4.79 Å². The Bertz CT molecular complexity index is 694. The van der Waals surface area contributed by atoms with Gasteiger partial charge in [0.15, 0.2) is 0 Å². The molecule has 112 valence electrons. The first-order valence-corrected chi connectivity index (χ1v) is 7.86. The second kappa shape index (κ2) is 6.40. The fourth-order valence-electron chi connectivity index (χ4n) is 1.71. The molecule has 0 aliphatic rings. The maximum Gasteiger partial charge on any atom is 0.341 e. The highest BCUT2D eigenvalue weighted by atomic mass is 35.6. The van der Waals surface area contributed by atoms with E-state index in [1.54, 1.807) is 19.1 Å². The summed E-state index contributed by atoms with van der Waals surface area (Å²) in [7, 11) is 0. The van der Waals surface area contributed by atoms with Crippen molar-refractivity contribution in [3.63, 3.8) is 0 Å². The molecule has 0 aliphatic heterocycles. The van der Waals surface area contributed by atoms with E-state index < -0.39 is 15.7 Å². The van der Waals surface area contributed by atoms with Gasteiger partial charge in [0.1, 0.15) is 10.6 Å². The zero-order chi connectivity index (χ0) is 15.6. The molecule has 2 aromatic rings. The second-order valence-electron chi connectivity index (χ2n) is 3.97. The maximum absolute atomic E-state index is 12.1. The Morgan fingerprint density at radius 2 is 1.95 bits per heavy atom. The number of anilines is 1. The number of ether oxygens (including phenoxy) is 1. The van der Waals surface area contributed by atoms with E-state index in [9.17, 15) is 9.59 Å². The van der Waals surface area contributed by atoms with Crippen molar-refractivity contribution in [2.24, 2.45) is 0 Å². The molecular weight excluding hydrogens is 357 g/mol. The van der Waals surface area contributed by atoms with Crippen molar-refractivity contribution in [2.45, 2.75) is 10.7 Å². The lowest BCUT2D eigenvalue weighted by Crippen LogP contribution is -2.27. The standard InChI is InChI=1S/C13H10Cl3NO3S/c1-2-20-11(18)9-7-5-3-4-6-8(7)21-10(9)17-12(19)13(14,15)16/h3-6H,2H2,1H3,(H,17,19). The SMILES string of the molecule is CCOC(=O)c1c(NC(=O)C(Cl)(Cl)Cl)sc2ccccc12. The maximum atomic E-state index is 12.1. The van der Waals surface area contributed by atoms with E-state index in [1.165, 1.54) is 11.3 Å². The number of alkyl halides is 3. The van der Waals surface area contributed by atoms with Crippen LogP contribution in [0.2, 0.25) is 0 Å². The Balaban J connectivity index is 2.49. The third-order valence-electron chi connectivity index (χ3n) is 2.56. The van der Waals surface area contributed by atoms with Crippen LogP contribution in [0.15, 0.2) is 24.3 Å². The summed E-state index contributed by atoms with van der Waals surface area (Å²) in [4.78, 5) is 23.9. The monoisotopic (exact) mass is 365 g/mol. The number of thiophene rings is 1. The summed E-state index contributed by atoms with van der Waals surface area (Å²) in [6, 6.07) is 7.21. The predicted molar refractivity (Wildman–Crippen MR) is 86.7 cm³/mol.